The van der Waals surface area contributed by atoms with Crippen LogP contribution < -0.4 is 15.4 Å². The van der Waals surface area contributed by atoms with Crippen molar-refractivity contribution in [1.82, 2.24) is 15.5 Å². The minimum Gasteiger partial charge on any atom is -0.496 e. The maximum Gasteiger partial charge on any atom is 0.407 e. The number of anilines is 1. The maximum atomic E-state index is 12.4. The molecule has 2 rings (SSSR count). The molecule has 1 atom stereocenters. The number of para-hydroxylation sites is 1. The fraction of sp³-hybridized carbons (Fsp3) is 0.353. The Labute approximate surface area is 145 Å². The lowest BCUT2D eigenvalue weighted by atomic mass is 10.0. The molecule has 0 radical (unpaired) electrons. The van der Waals surface area contributed by atoms with Gasteiger partial charge >= 0.3 is 6.09 Å². The number of aromatic nitrogens is 2. The van der Waals surface area contributed by atoms with Gasteiger partial charge in [-0.05, 0) is 18.1 Å². The number of H-pyrrole nitrogens is 1. The Kier molecular flexibility index (Phi) is 5.99. The van der Waals surface area contributed by atoms with Gasteiger partial charge in [0.05, 0.1) is 19.9 Å². The molecule has 8 nitrogen and oxygen atoms in total. The number of amides is 2. The monoisotopic (exact) mass is 346 g/mol. The van der Waals surface area contributed by atoms with E-state index in [9.17, 15) is 9.59 Å². The molecular formula is C17H22N4O4. The summed E-state index contributed by atoms with van der Waals surface area (Å²) >= 11 is 0. The van der Waals surface area contributed by atoms with Gasteiger partial charge in [-0.25, -0.2) is 4.79 Å². The third kappa shape index (κ3) is 4.50. The predicted molar refractivity (Wildman–Crippen MR) is 93.4 cm³/mol. The van der Waals surface area contributed by atoms with Gasteiger partial charge in [0.2, 0.25) is 5.91 Å². The highest BCUT2D eigenvalue weighted by molar-refractivity contribution is 5.96. The number of ether oxygens (including phenoxy) is 2. The number of carbonyl (C=O) groups is 2. The number of benzene rings is 1. The molecule has 0 fully saturated rings. The number of nitrogens with zero attached hydrogens (tertiary/aromatic N) is 1. The number of nitrogens with one attached hydrogen (secondary N) is 3. The summed E-state index contributed by atoms with van der Waals surface area (Å²) in [6.07, 6.45) is -0.661. The minimum absolute atomic E-state index is 0.119. The average molecular weight is 346 g/mol. The van der Waals surface area contributed by atoms with Gasteiger partial charge in [-0.1, -0.05) is 26.0 Å². The van der Waals surface area contributed by atoms with E-state index in [1.54, 1.807) is 13.2 Å². The van der Waals surface area contributed by atoms with Crippen molar-refractivity contribution in [3.63, 3.8) is 0 Å². The second-order valence-electron chi connectivity index (χ2n) is 5.71. The summed E-state index contributed by atoms with van der Waals surface area (Å²) in [6, 6.07) is 8.43. The second-order valence-corrected chi connectivity index (χ2v) is 5.71. The zero-order valence-corrected chi connectivity index (χ0v) is 14.6. The third-order valence-electron chi connectivity index (χ3n) is 3.63. The molecule has 8 heteroatoms. The van der Waals surface area contributed by atoms with Crippen molar-refractivity contribution in [3.05, 3.63) is 30.3 Å². The van der Waals surface area contributed by atoms with Gasteiger partial charge in [-0.3, -0.25) is 9.89 Å². The molecule has 0 aliphatic carbocycles. The molecule has 25 heavy (non-hydrogen) atoms. The number of hydrogen-bond acceptors (Lipinski definition) is 5. The molecular weight excluding hydrogens is 324 g/mol. The summed E-state index contributed by atoms with van der Waals surface area (Å²) in [5, 5.41) is 12.2. The van der Waals surface area contributed by atoms with Crippen LogP contribution in [0, 0.1) is 5.92 Å². The molecule has 0 saturated heterocycles. The summed E-state index contributed by atoms with van der Waals surface area (Å²) in [5.74, 6) is 0.546. The molecule has 0 aliphatic rings. The van der Waals surface area contributed by atoms with E-state index in [4.69, 9.17) is 4.74 Å². The molecule has 2 aromatic rings. The highest BCUT2D eigenvalue weighted by atomic mass is 16.5. The third-order valence-corrected chi connectivity index (χ3v) is 3.63. The van der Waals surface area contributed by atoms with Crippen LogP contribution in [0.3, 0.4) is 0 Å². The molecule has 0 spiro atoms. The number of hydrogen-bond donors (Lipinski definition) is 3. The average Bonchev–Trinajstić information content (AvgIpc) is 3.07. The highest BCUT2D eigenvalue weighted by Gasteiger charge is 2.25. The van der Waals surface area contributed by atoms with Crippen LogP contribution in [-0.4, -0.2) is 42.5 Å². The Hall–Kier alpha value is -3.03. The quantitative estimate of drug-likeness (QED) is 0.745. The molecule has 0 aliphatic heterocycles. The molecule has 134 valence electrons. The first-order valence-electron chi connectivity index (χ1n) is 7.80. The first-order chi connectivity index (χ1) is 12.0. The van der Waals surface area contributed by atoms with Crippen LogP contribution >= 0.6 is 0 Å². The van der Waals surface area contributed by atoms with E-state index in [2.05, 4.69) is 25.6 Å². The summed E-state index contributed by atoms with van der Waals surface area (Å²) in [5.41, 5.74) is 1.53. The molecule has 0 unspecified atom stereocenters. The number of aromatic amines is 1. The molecule has 0 saturated carbocycles. The highest BCUT2D eigenvalue weighted by Crippen LogP contribution is 2.29. The SMILES string of the molecule is COC(=O)N[C@@H](C(=O)Nc1cc(-c2ccccc2OC)[nH]n1)C(C)C. The van der Waals surface area contributed by atoms with Crippen molar-refractivity contribution in [1.29, 1.82) is 0 Å². The smallest absolute Gasteiger partial charge is 0.407 e. The lowest BCUT2D eigenvalue weighted by molar-refractivity contribution is -0.119. The lowest BCUT2D eigenvalue weighted by Crippen LogP contribution is -2.47. The second kappa shape index (κ2) is 8.18. The number of carbonyl (C=O) groups excluding carboxylic acids is 2. The van der Waals surface area contributed by atoms with Crippen molar-refractivity contribution >= 4 is 17.8 Å². The van der Waals surface area contributed by atoms with Gasteiger partial charge in [0.25, 0.3) is 0 Å². The van der Waals surface area contributed by atoms with Gasteiger partial charge in [0.15, 0.2) is 5.82 Å². The zero-order chi connectivity index (χ0) is 18.4. The molecule has 1 aromatic carbocycles. The van der Waals surface area contributed by atoms with Crippen LogP contribution in [0.15, 0.2) is 30.3 Å². The van der Waals surface area contributed by atoms with E-state index in [0.29, 0.717) is 17.3 Å². The van der Waals surface area contributed by atoms with E-state index in [-0.39, 0.29) is 11.8 Å². The van der Waals surface area contributed by atoms with Crippen LogP contribution in [0.1, 0.15) is 13.8 Å². The Morgan fingerprint density at radius 3 is 2.56 bits per heavy atom. The van der Waals surface area contributed by atoms with Crippen molar-refractivity contribution in [3.8, 4) is 17.0 Å². The maximum absolute atomic E-state index is 12.4. The van der Waals surface area contributed by atoms with Gasteiger partial charge in [-0.2, -0.15) is 5.10 Å². The van der Waals surface area contributed by atoms with E-state index >= 15 is 0 Å². The summed E-state index contributed by atoms with van der Waals surface area (Å²) in [7, 11) is 2.83. The largest absolute Gasteiger partial charge is 0.496 e. The first-order valence-corrected chi connectivity index (χ1v) is 7.80. The minimum atomic E-state index is -0.737. The van der Waals surface area contributed by atoms with Gasteiger partial charge in [0.1, 0.15) is 11.8 Å². The van der Waals surface area contributed by atoms with E-state index in [0.717, 1.165) is 5.56 Å². The van der Waals surface area contributed by atoms with Crippen LogP contribution in [0.25, 0.3) is 11.3 Å². The first kappa shape index (κ1) is 18.3. The lowest BCUT2D eigenvalue weighted by Gasteiger charge is -2.20. The zero-order valence-electron chi connectivity index (χ0n) is 14.6. The fourth-order valence-corrected chi connectivity index (χ4v) is 2.32. The van der Waals surface area contributed by atoms with Crippen LogP contribution in [0.5, 0.6) is 5.75 Å². The summed E-state index contributed by atoms with van der Waals surface area (Å²) < 4.78 is 9.87. The van der Waals surface area contributed by atoms with Gasteiger partial charge in [-0.15, -0.1) is 0 Å². The fourth-order valence-electron chi connectivity index (χ4n) is 2.32. The Bertz CT molecular complexity index is 742. The van der Waals surface area contributed by atoms with Gasteiger partial charge < -0.3 is 20.1 Å². The number of methoxy groups -OCH3 is 2. The molecule has 3 N–H and O–H groups in total. The number of alkyl carbamates (subject to hydrolysis) is 1. The van der Waals surface area contributed by atoms with Crippen molar-refractivity contribution in [2.75, 3.05) is 19.5 Å². The van der Waals surface area contributed by atoms with E-state index in [1.165, 1.54) is 7.11 Å². The summed E-state index contributed by atoms with van der Waals surface area (Å²) in [6.45, 7) is 3.65. The van der Waals surface area contributed by atoms with Crippen molar-refractivity contribution in [2.45, 2.75) is 19.9 Å². The summed E-state index contributed by atoms with van der Waals surface area (Å²) in [4.78, 5) is 23.8. The number of rotatable bonds is 6. The normalized spacial score (nSPS) is 11.7. The Morgan fingerprint density at radius 1 is 1.20 bits per heavy atom. The molecule has 0 bridgehead atoms. The molecule has 1 heterocycles. The standard InChI is InChI=1S/C17H22N4O4/c1-10(2)15(19-17(23)25-4)16(22)18-14-9-12(20-21-14)11-7-5-6-8-13(11)24-3/h5-10,15H,1-4H3,(H,19,23)(H2,18,20,21,22)/t15-/m1/s1. The van der Waals surface area contributed by atoms with Crippen LogP contribution in [0.4, 0.5) is 10.6 Å². The predicted octanol–water partition coefficient (Wildman–Crippen LogP) is 2.40. The molecule has 1 aromatic heterocycles. The Balaban J connectivity index is 2.14. The van der Waals surface area contributed by atoms with Crippen LogP contribution in [-0.2, 0) is 9.53 Å². The van der Waals surface area contributed by atoms with E-state index in [1.807, 2.05) is 38.1 Å². The van der Waals surface area contributed by atoms with Gasteiger partial charge in [0, 0.05) is 11.6 Å². The topological polar surface area (TPSA) is 105 Å². The Morgan fingerprint density at radius 2 is 1.92 bits per heavy atom. The van der Waals surface area contributed by atoms with Crippen molar-refractivity contribution < 1.29 is 19.1 Å². The van der Waals surface area contributed by atoms with Crippen LogP contribution in [0.2, 0.25) is 0 Å². The van der Waals surface area contributed by atoms with E-state index < -0.39 is 12.1 Å². The van der Waals surface area contributed by atoms with Crippen molar-refractivity contribution in [2.24, 2.45) is 5.92 Å². The molecule has 2 amide bonds.